The molecule has 2 N–H and O–H groups in total. The Morgan fingerprint density at radius 1 is 1.03 bits per heavy atom. The summed E-state index contributed by atoms with van der Waals surface area (Å²) in [4.78, 5) is 1.82. The van der Waals surface area contributed by atoms with Crippen LogP contribution in [-0.4, -0.2) is 80.2 Å². The van der Waals surface area contributed by atoms with Crippen LogP contribution in [0.15, 0.2) is 36.7 Å². The van der Waals surface area contributed by atoms with E-state index in [0.29, 0.717) is 25.7 Å². The molecule has 5 aliphatic rings. The number of rotatable bonds is 2. The van der Waals surface area contributed by atoms with Gasteiger partial charge in [-0.1, -0.05) is 25.1 Å². The van der Waals surface area contributed by atoms with Gasteiger partial charge in [0.2, 0.25) is 0 Å². The summed E-state index contributed by atoms with van der Waals surface area (Å²) < 4.78 is 40.9. The lowest BCUT2D eigenvalue weighted by Crippen LogP contribution is -2.78. The van der Waals surface area contributed by atoms with Crippen molar-refractivity contribution in [1.29, 1.82) is 0 Å². The third-order valence-electron chi connectivity index (χ3n) is 11.1. The van der Waals surface area contributed by atoms with Crippen LogP contribution >= 0.6 is 0 Å². The van der Waals surface area contributed by atoms with Crippen LogP contribution in [0.1, 0.15) is 57.4 Å². The maximum Gasteiger partial charge on any atom is 0.171 e. The summed E-state index contributed by atoms with van der Waals surface area (Å²) in [5.74, 6) is -0.134. The van der Waals surface area contributed by atoms with Gasteiger partial charge in [-0.3, -0.25) is 0 Å². The van der Waals surface area contributed by atoms with Crippen LogP contribution in [0.25, 0.3) is 16.3 Å². The number of alkyl halides is 2. The first kappa shape index (κ1) is 24.1. The number of likely N-dealkylation sites (N-methyl/N-ethyl adjacent to an activating group) is 1. The number of allylic oxidation sites excluding steroid dienone is 2. The summed E-state index contributed by atoms with van der Waals surface area (Å²) in [5.41, 5.74) is -4.68. The molecule has 4 fully saturated rings. The SMILES string of the molecule is CN(C)[C@H]1C[C@@]23CC[C@]4(O2)C2CC=C(c5ccc6cnncc6c5)[C@@]2(C)CCC4(F)CC3(F)[C@@H](O)[C@@H]1O. The second-order valence-corrected chi connectivity index (χ2v) is 12.8. The van der Waals surface area contributed by atoms with E-state index < -0.39 is 47.2 Å². The van der Waals surface area contributed by atoms with Gasteiger partial charge in [0.05, 0.1) is 18.5 Å². The van der Waals surface area contributed by atoms with Crippen LogP contribution in [0.5, 0.6) is 0 Å². The summed E-state index contributed by atoms with van der Waals surface area (Å²) in [6, 6.07) is 5.81. The molecule has 9 atom stereocenters. The van der Waals surface area contributed by atoms with Gasteiger partial charge in [0.15, 0.2) is 5.67 Å². The van der Waals surface area contributed by atoms with E-state index in [1.807, 2.05) is 25.1 Å². The van der Waals surface area contributed by atoms with E-state index in [1.54, 1.807) is 12.4 Å². The van der Waals surface area contributed by atoms with E-state index in [1.165, 1.54) is 5.57 Å². The highest BCUT2D eigenvalue weighted by molar-refractivity contribution is 5.86. The first-order chi connectivity index (χ1) is 17.5. The fourth-order valence-corrected chi connectivity index (χ4v) is 9.14. The van der Waals surface area contributed by atoms with E-state index in [9.17, 15) is 10.2 Å². The smallest absolute Gasteiger partial charge is 0.171 e. The molecule has 3 unspecified atom stereocenters. The van der Waals surface area contributed by atoms with Crippen LogP contribution in [0, 0.1) is 11.3 Å². The Morgan fingerprint density at radius 2 is 1.78 bits per heavy atom. The van der Waals surface area contributed by atoms with Gasteiger partial charge >= 0.3 is 0 Å². The Morgan fingerprint density at radius 3 is 2.54 bits per heavy atom. The van der Waals surface area contributed by atoms with Crippen LogP contribution in [0.4, 0.5) is 8.78 Å². The number of aromatic nitrogens is 2. The number of halogens is 2. The first-order valence-corrected chi connectivity index (χ1v) is 13.5. The van der Waals surface area contributed by atoms with Crippen molar-refractivity contribution in [2.75, 3.05) is 14.1 Å². The number of aliphatic hydroxyl groups excluding tert-OH is 2. The van der Waals surface area contributed by atoms with Crippen LogP contribution in [0.2, 0.25) is 0 Å². The first-order valence-electron chi connectivity index (χ1n) is 13.5. The topological polar surface area (TPSA) is 78.7 Å². The molecule has 2 spiro atoms. The van der Waals surface area contributed by atoms with Crippen molar-refractivity contribution in [3.05, 3.63) is 42.2 Å². The van der Waals surface area contributed by atoms with Crippen LogP contribution in [0.3, 0.4) is 0 Å². The Bertz CT molecular complexity index is 1320. The molecule has 37 heavy (non-hydrogen) atoms. The van der Waals surface area contributed by atoms with Crippen LogP contribution in [-0.2, 0) is 4.74 Å². The average molecular weight is 512 g/mol. The fraction of sp³-hybridized carbons (Fsp3) is 0.655. The van der Waals surface area contributed by atoms with E-state index in [4.69, 9.17) is 4.74 Å². The average Bonchev–Trinajstić information content (AvgIpc) is 3.42. The quantitative estimate of drug-likeness (QED) is 0.635. The molecule has 198 valence electrons. The fourth-order valence-electron chi connectivity index (χ4n) is 9.14. The van der Waals surface area contributed by atoms with Gasteiger partial charge in [0.25, 0.3) is 0 Å². The molecule has 0 radical (unpaired) electrons. The lowest BCUT2D eigenvalue weighted by atomic mass is 9.51. The zero-order valence-electron chi connectivity index (χ0n) is 21.6. The van der Waals surface area contributed by atoms with Gasteiger partial charge in [-0.05, 0) is 75.2 Å². The summed E-state index contributed by atoms with van der Waals surface area (Å²) >= 11 is 0. The summed E-state index contributed by atoms with van der Waals surface area (Å²) in [7, 11) is 3.63. The Balaban J connectivity index is 1.29. The minimum Gasteiger partial charge on any atom is -0.389 e. The van der Waals surface area contributed by atoms with Crippen molar-refractivity contribution in [1.82, 2.24) is 15.1 Å². The van der Waals surface area contributed by atoms with Gasteiger partial charge in [0.1, 0.15) is 23.0 Å². The minimum absolute atomic E-state index is 0.134. The van der Waals surface area contributed by atoms with E-state index >= 15 is 8.78 Å². The molecule has 3 aliphatic carbocycles. The predicted molar refractivity (Wildman–Crippen MR) is 135 cm³/mol. The van der Waals surface area contributed by atoms with Gasteiger partial charge in [-0.25, -0.2) is 8.78 Å². The number of aliphatic hydroxyl groups is 2. The third-order valence-corrected chi connectivity index (χ3v) is 11.1. The molecule has 0 amide bonds. The van der Waals surface area contributed by atoms with Crippen molar-refractivity contribution in [2.45, 2.75) is 92.7 Å². The van der Waals surface area contributed by atoms with Crippen molar-refractivity contribution in [3.63, 3.8) is 0 Å². The minimum atomic E-state index is -2.32. The van der Waals surface area contributed by atoms with Gasteiger partial charge in [0, 0.05) is 29.2 Å². The summed E-state index contributed by atoms with van der Waals surface area (Å²) in [5, 5.41) is 31.9. The zero-order chi connectivity index (χ0) is 26.0. The molecule has 2 bridgehead atoms. The van der Waals surface area contributed by atoms with Crippen LogP contribution < -0.4 is 0 Å². The standard InChI is InChI=1S/C29H35F2N3O3/c1-25-8-9-26(30)16-28(31)24(36)23(35)21(34(2)3)13-27(28)10-11-29(26,37-27)22(25)7-6-20(25)17-4-5-18-14-32-33-15-19(18)12-17/h4-6,12,14-15,21-24,35-36H,7-11,13,16H2,1-3H3/t21-,22?,23+,24-,25+,26?,27+,28?,29-/m0/s1. The Hall–Kier alpha value is -2.00. The van der Waals surface area contributed by atoms with Crippen molar-refractivity contribution in [2.24, 2.45) is 11.3 Å². The van der Waals surface area contributed by atoms with Crippen molar-refractivity contribution in [3.8, 4) is 0 Å². The molecule has 2 aliphatic heterocycles. The second kappa shape index (κ2) is 7.34. The number of fused-ring (bicyclic) bond motifs is 2. The maximum absolute atomic E-state index is 17.2. The molecule has 7 rings (SSSR count). The van der Waals surface area contributed by atoms with E-state index in [-0.39, 0.29) is 24.2 Å². The monoisotopic (exact) mass is 511 g/mol. The molecule has 2 saturated carbocycles. The highest BCUT2D eigenvalue weighted by Gasteiger charge is 2.82. The second-order valence-electron chi connectivity index (χ2n) is 12.8. The molecule has 1 aromatic heterocycles. The zero-order valence-corrected chi connectivity index (χ0v) is 21.6. The van der Waals surface area contributed by atoms with Gasteiger partial charge < -0.3 is 19.8 Å². The normalized spacial score (nSPS) is 48.5. The molecule has 1 aromatic carbocycles. The van der Waals surface area contributed by atoms with E-state index in [2.05, 4.69) is 35.3 Å². The number of nitrogens with zero attached hydrogens (tertiary/aromatic N) is 3. The third kappa shape index (κ3) is 2.78. The van der Waals surface area contributed by atoms with E-state index in [0.717, 1.165) is 16.3 Å². The summed E-state index contributed by atoms with van der Waals surface area (Å²) in [6.45, 7) is 2.22. The maximum atomic E-state index is 17.2. The van der Waals surface area contributed by atoms with Gasteiger partial charge in [-0.2, -0.15) is 10.2 Å². The molecule has 8 heteroatoms. The molecule has 6 nitrogen and oxygen atoms in total. The highest BCUT2D eigenvalue weighted by atomic mass is 19.2. The molecular formula is C29H35F2N3O3. The number of hydrogen-bond donors (Lipinski definition) is 2. The highest BCUT2D eigenvalue weighted by Crippen LogP contribution is 2.74. The number of hydrogen-bond acceptors (Lipinski definition) is 6. The molecule has 2 aromatic rings. The number of benzene rings is 1. The van der Waals surface area contributed by atoms with Gasteiger partial charge in [-0.15, -0.1) is 0 Å². The van der Waals surface area contributed by atoms with Crippen molar-refractivity contribution >= 4 is 16.3 Å². The summed E-state index contributed by atoms with van der Waals surface area (Å²) in [6.07, 6.45) is 4.74. The molecular weight excluding hydrogens is 476 g/mol. The van der Waals surface area contributed by atoms with Crippen molar-refractivity contribution < 1.29 is 23.7 Å². The lowest BCUT2D eigenvalue weighted by molar-refractivity contribution is -0.347. The Labute approximate surface area is 215 Å². The predicted octanol–water partition coefficient (Wildman–Crippen LogP) is 4.00. The number of ether oxygens (including phenoxy) is 1. The molecule has 3 heterocycles. The lowest BCUT2D eigenvalue weighted by Gasteiger charge is -2.65. The molecule has 2 saturated heterocycles. The largest absolute Gasteiger partial charge is 0.389 e. The Kier molecular flexibility index (Phi) is 4.78.